The van der Waals surface area contributed by atoms with E-state index in [1.54, 1.807) is 5.38 Å². The molecule has 1 amide bonds. The minimum absolute atomic E-state index is 0.110. The second-order valence-corrected chi connectivity index (χ2v) is 7.87. The first-order valence-electron chi connectivity index (χ1n) is 9.32. The Bertz CT molecular complexity index is 743. The fraction of sp³-hybridized carbons (Fsp3) is 0.476. The van der Waals surface area contributed by atoms with E-state index < -0.39 is 5.97 Å². The Morgan fingerprint density at radius 3 is 2.52 bits per heavy atom. The molecule has 0 saturated carbocycles. The number of esters is 1. The van der Waals surface area contributed by atoms with E-state index in [4.69, 9.17) is 4.74 Å². The lowest BCUT2D eigenvalue weighted by Gasteiger charge is -2.27. The Kier molecular flexibility index (Phi) is 7.98. The molecule has 2 aromatic rings. The van der Waals surface area contributed by atoms with E-state index in [9.17, 15) is 9.59 Å². The van der Waals surface area contributed by atoms with Gasteiger partial charge in [0.2, 0.25) is 5.91 Å². The Labute approximate surface area is 165 Å². The third-order valence-electron chi connectivity index (χ3n) is 4.47. The summed E-state index contributed by atoms with van der Waals surface area (Å²) in [5, 5.41) is 2.43. The molecule has 0 aliphatic rings. The molecule has 0 bridgehead atoms. The first-order chi connectivity index (χ1) is 13.0. The normalized spacial score (nSPS) is 12.0. The van der Waals surface area contributed by atoms with Gasteiger partial charge in [0.25, 0.3) is 0 Å². The highest BCUT2D eigenvalue weighted by atomic mass is 32.1. The standard InChI is InChI=1S/C21H28N2O3S/c1-5-17(16-9-7-6-8-10-16)20(24)23(12-11-15(2)3)13-19-22-18(14-27-19)21(25)26-4/h6-10,14-15,17H,5,11-13H2,1-4H3/t17-/m0/s1. The van der Waals surface area contributed by atoms with Crippen LogP contribution in [0.4, 0.5) is 0 Å². The molecule has 0 spiro atoms. The van der Waals surface area contributed by atoms with Crippen molar-refractivity contribution in [2.24, 2.45) is 5.92 Å². The fourth-order valence-corrected chi connectivity index (χ4v) is 3.66. The van der Waals surface area contributed by atoms with Crippen LogP contribution >= 0.6 is 11.3 Å². The molecule has 1 aromatic carbocycles. The van der Waals surface area contributed by atoms with Gasteiger partial charge in [0.1, 0.15) is 5.01 Å². The first kappa shape index (κ1) is 21.1. The lowest BCUT2D eigenvalue weighted by atomic mass is 9.94. The molecule has 0 fully saturated rings. The molecule has 6 heteroatoms. The number of thiazole rings is 1. The van der Waals surface area contributed by atoms with Gasteiger partial charge in [-0.05, 0) is 24.3 Å². The average molecular weight is 389 g/mol. The van der Waals surface area contributed by atoms with Crippen molar-refractivity contribution in [3.8, 4) is 0 Å². The SMILES string of the molecule is CC[C@H](C(=O)N(CCC(C)C)Cc1nc(C(=O)OC)cs1)c1ccccc1. The van der Waals surface area contributed by atoms with E-state index >= 15 is 0 Å². The molecule has 0 radical (unpaired) electrons. The van der Waals surface area contributed by atoms with E-state index in [-0.39, 0.29) is 11.8 Å². The highest BCUT2D eigenvalue weighted by Crippen LogP contribution is 2.24. The molecule has 0 N–H and O–H groups in total. The lowest BCUT2D eigenvalue weighted by molar-refractivity contribution is -0.133. The van der Waals surface area contributed by atoms with Crippen LogP contribution in [0.5, 0.6) is 0 Å². The summed E-state index contributed by atoms with van der Waals surface area (Å²) in [6.07, 6.45) is 1.67. The van der Waals surface area contributed by atoms with Crippen molar-refractivity contribution in [2.45, 2.75) is 46.1 Å². The van der Waals surface area contributed by atoms with Gasteiger partial charge in [0.15, 0.2) is 5.69 Å². The number of hydrogen-bond acceptors (Lipinski definition) is 5. The van der Waals surface area contributed by atoms with Crippen LogP contribution in [0.15, 0.2) is 35.7 Å². The van der Waals surface area contributed by atoms with Crippen molar-refractivity contribution < 1.29 is 14.3 Å². The summed E-state index contributed by atoms with van der Waals surface area (Å²) in [6, 6.07) is 9.90. The summed E-state index contributed by atoms with van der Waals surface area (Å²) in [5.74, 6) is -0.00938. The predicted molar refractivity (Wildman–Crippen MR) is 108 cm³/mol. The minimum Gasteiger partial charge on any atom is -0.464 e. The van der Waals surface area contributed by atoms with Crippen LogP contribution in [-0.4, -0.2) is 35.4 Å². The zero-order valence-electron chi connectivity index (χ0n) is 16.5. The number of rotatable bonds is 9. The molecule has 0 saturated heterocycles. The van der Waals surface area contributed by atoms with Gasteiger partial charge < -0.3 is 9.64 Å². The topological polar surface area (TPSA) is 59.5 Å². The number of methoxy groups -OCH3 is 1. The van der Waals surface area contributed by atoms with Crippen LogP contribution in [0.2, 0.25) is 0 Å². The van der Waals surface area contributed by atoms with Crippen LogP contribution in [-0.2, 0) is 16.1 Å². The molecular formula is C21H28N2O3S. The highest BCUT2D eigenvalue weighted by Gasteiger charge is 2.25. The Morgan fingerprint density at radius 2 is 1.93 bits per heavy atom. The van der Waals surface area contributed by atoms with Crippen LogP contribution in [0.3, 0.4) is 0 Å². The molecule has 2 rings (SSSR count). The number of benzene rings is 1. The number of amides is 1. The molecule has 27 heavy (non-hydrogen) atoms. The van der Waals surface area contributed by atoms with Gasteiger partial charge in [0, 0.05) is 11.9 Å². The van der Waals surface area contributed by atoms with Crippen molar-refractivity contribution in [1.29, 1.82) is 0 Å². The first-order valence-corrected chi connectivity index (χ1v) is 10.2. The smallest absolute Gasteiger partial charge is 0.357 e. The molecule has 0 unspecified atom stereocenters. The zero-order valence-corrected chi connectivity index (χ0v) is 17.3. The molecule has 0 aliphatic heterocycles. The summed E-state index contributed by atoms with van der Waals surface area (Å²) in [4.78, 5) is 31.2. The highest BCUT2D eigenvalue weighted by molar-refractivity contribution is 7.09. The van der Waals surface area contributed by atoms with Crippen molar-refractivity contribution in [3.05, 3.63) is 52.0 Å². The largest absolute Gasteiger partial charge is 0.464 e. The molecular weight excluding hydrogens is 360 g/mol. The van der Waals surface area contributed by atoms with E-state index in [1.165, 1.54) is 18.4 Å². The van der Waals surface area contributed by atoms with Crippen LogP contribution in [0.25, 0.3) is 0 Å². The van der Waals surface area contributed by atoms with Gasteiger partial charge in [-0.15, -0.1) is 11.3 Å². The van der Waals surface area contributed by atoms with E-state index in [0.717, 1.165) is 23.4 Å². The van der Waals surface area contributed by atoms with Gasteiger partial charge in [-0.2, -0.15) is 0 Å². The zero-order chi connectivity index (χ0) is 19.8. The number of carbonyl (C=O) groups is 2. The maximum absolute atomic E-state index is 13.3. The molecule has 1 heterocycles. The molecule has 5 nitrogen and oxygen atoms in total. The van der Waals surface area contributed by atoms with Gasteiger partial charge >= 0.3 is 5.97 Å². The number of carbonyl (C=O) groups excluding carboxylic acids is 2. The number of aromatic nitrogens is 1. The Morgan fingerprint density at radius 1 is 1.22 bits per heavy atom. The quantitative estimate of drug-likeness (QED) is 0.594. The van der Waals surface area contributed by atoms with Crippen molar-refractivity contribution in [2.75, 3.05) is 13.7 Å². The number of nitrogens with zero attached hydrogens (tertiary/aromatic N) is 2. The monoisotopic (exact) mass is 388 g/mol. The van der Waals surface area contributed by atoms with Crippen molar-refractivity contribution in [3.63, 3.8) is 0 Å². The maximum atomic E-state index is 13.3. The molecule has 146 valence electrons. The summed E-state index contributed by atoms with van der Waals surface area (Å²) >= 11 is 1.38. The van der Waals surface area contributed by atoms with Crippen molar-refractivity contribution in [1.82, 2.24) is 9.88 Å². The maximum Gasteiger partial charge on any atom is 0.357 e. The average Bonchev–Trinajstić information content (AvgIpc) is 3.14. The van der Waals surface area contributed by atoms with Gasteiger partial charge in [0.05, 0.1) is 19.6 Å². The third-order valence-corrected chi connectivity index (χ3v) is 5.30. The summed E-state index contributed by atoms with van der Waals surface area (Å²) in [7, 11) is 1.34. The number of ether oxygens (including phenoxy) is 1. The molecule has 1 aromatic heterocycles. The van der Waals surface area contributed by atoms with E-state index in [1.807, 2.05) is 42.2 Å². The summed E-state index contributed by atoms with van der Waals surface area (Å²) in [5.41, 5.74) is 1.33. The minimum atomic E-state index is -0.451. The molecule has 0 aliphatic carbocycles. The van der Waals surface area contributed by atoms with Gasteiger partial charge in [-0.1, -0.05) is 51.1 Å². The van der Waals surface area contributed by atoms with Gasteiger partial charge in [-0.25, -0.2) is 9.78 Å². The summed E-state index contributed by atoms with van der Waals surface area (Å²) < 4.78 is 4.72. The Hall–Kier alpha value is -2.21. The second kappa shape index (κ2) is 10.2. The van der Waals surface area contributed by atoms with Crippen LogP contribution in [0, 0.1) is 5.92 Å². The second-order valence-electron chi connectivity index (χ2n) is 6.93. The van der Waals surface area contributed by atoms with Gasteiger partial charge in [-0.3, -0.25) is 4.79 Å². The van der Waals surface area contributed by atoms with Crippen LogP contribution < -0.4 is 0 Å². The van der Waals surface area contributed by atoms with E-state index in [0.29, 0.717) is 24.7 Å². The van der Waals surface area contributed by atoms with E-state index in [2.05, 4.69) is 18.8 Å². The van der Waals surface area contributed by atoms with Crippen molar-refractivity contribution >= 4 is 23.2 Å². The summed E-state index contributed by atoms with van der Waals surface area (Å²) in [6.45, 7) is 7.42. The Balaban J connectivity index is 2.20. The fourth-order valence-electron chi connectivity index (χ4n) is 2.88. The lowest BCUT2D eigenvalue weighted by Crippen LogP contribution is -2.36. The van der Waals surface area contributed by atoms with Crippen LogP contribution in [0.1, 0.15) is 60.6 Å². The number of hydrogen-bond donors (Lipinski definition) is 0. The predicted octanol–water partition coefficient (Wildman–Crippen LogP) is 4.50. The third kappa shape index (κ3) is 5.89. The molecule has 1 atom stereocenters.